The molecule has 2 aliphatic rings. The van der Waals surface area contributed by atoms with Gasteiger partial charge in [-0.2, -0.15) is 0 Å². The highest BCUT2D eigenvalue weighted by Gasteiger charge is 2.18. The molecular weight excluding hydrogens is 342 g/mol. The summed E-state index contributed by atoms with van der Waals surface area (Å²) >= 11 is 0. The Bertz CT molecular complexity index is 890. The fraction of sp³-hybridized carbons (Fsp3) is 0.238. The third kappa shape index (κ3) is 3.95. The van der Waals surface area contributed by atoms with E-state index in [4.69, 9.17) is 4.74 Å². The van der Waals surface area contributed by atoms with Crippen LogP contribution < -0.4 is 20.3 Å². The van der Waals surface area contributed by atoms with Crippen molar-refractivity contribution in [3.63, 3.8) is 0 Å². The van der Waals surface area contributed by atoms with Crippen LogP contribution in [-0.4, -0.2) is 38.1 Å². The molecule has 0 aliphatic carbocycles. The minimum atomic E-state index is -0.124. The predicted molar refractivity (Wildman–Crippen MR) is 103 cm³/mol. The predicted octanol–water partition coefficient (Wildman–Crippen LogP) is 1.71. The van der Waals surface area contributed by atoms with E-state index in [0.717, 1.165) is 29.1 Å². The quantitative estimate of drug-likeness (QED) is 0.868. The number of ether oxygens (including phenoxy) is 1. The Labute approximate surface area is 157 Å². The summed E-state index contributed by atoms with van der Waals surface area (Å²) in [6.45, 7) is 2.57. The molecule has 2 aromatic carbocycles. The molecule has 0 bridgehead atoms. The van der Waals surface area contributed by atoms with Crippen LogP contribution in [-0.2, 0) is 16.1 Å². The van der Waals surface area contributed by atoms with Gasteiger partial charge in [-0.15, -0.1) is 0 Å². The van der Waals surface area contributed by atoms with Crippen LogP contribution in [0.25, 0.3) is 6.08 Å². The number of rotatable bonds is 4. The van der Waals surface area contributed by atoms with Gasteiger partial charge >= 0.3 is 0 Å². The number of carbonyl (C=O) groups excluding carboxylic acids is 2. The van der Waals surface area contributed by atoms with E-state index in [1.54, 1.807) is 0 Å². The summed E-state index contributed by atoms with van der Waals surface area (Å²) in [6.07, 6.45) is 1.87. The van der Waals surface area contributed by atoms with Crippen molar-refractivity contribution in [1.82, 2.24) is 10.6 Å². The second kappa shape index (κ2) is 7.53. The third-order valence-corrected chi connectivity index (χ3v) is 4.72. The number of nitrogens with zero attached hydrogens (tertiary/aromatic N) is 1. The van der Waals surface area contributed by atoms with E-state index in [-0.39, 0.29) is 18.4 Å². The second-order valence-electron chi connectivity index (χ2n) is 6.62. The number of anilines is 1. The van der Waals surface area contributed by atoms with Gasteiger partial charge in [0, 0.05) is 30.9 Å². The van der Waals surface area contributed by atoms with Gasteiger partial charge in [-0.1, -0.05) is 30.3 Å². The molecule has 6 heteroatoms. The summed E-state index contributed by atoms with van der Waals surface area (Å²) in [5.41, 5.74) is 3.56. The number of amides is 2. The first-order valence-corrected chi connectivity index (χ1v) is 9.00. The molecule has 1 fully saturated rings. The minimum absolute atomic E-state index is 0.0436. The highest BCUT2D eigenvalue weighted by atomic mass is 16.5. The lowest BCUT2D eigenvalue weighted by molar-refractivity contribution is -0.120. The lowest BCUT2D eigenvalue weighted by Crippen LogP contribution is -2.47. The van der Waals surface area contributed by atoms with Gasteiger partial charge in [0.15, 0.2) is 0 Å². The van der Waals surface area contributed by atoms with Gasteiger partial charge in [-0.25, -0.2) is 0 Å². The van der Waals surface area contributed by atoms with Crippen LogP contribution >= 0.6 is 0 Å². The number of hydrogen-bond donors (Lipinski definition) is 2. The number of hydrogen-bond acceptors (Lipinski definition) is 4. The van der Waals surface area contributed by atoms with Crippen molar-refractivity contribution in [3.05, 3.63) is 65.2 Å². The van der Waals surface area contributed by atoms with Gasteiger partial charge in [-0.3, -0.25) is 9.59 Å². The molecule has 2 aliphatic heterocycles. The third-order valence-electron chi connectivity index (χ3n) is 4.72. The normalized spacial score (nSPS) is 15.9. The molecule has 0 unspecified atom stereocenters. The molecule has 6 nitrogen and oxygen atoms in total. The number of fused-ring (bicyclic) bond motifs is 1. The Hall–Kier alpha value is -3.28. The number of para-hydroxylation sites is 1. The average molecular weight is 363 g/mol. The highest BCUT2D eigenvalue weighted by molar-refractivity contribution is 5.99. The van der Waals surface area contributed by atoms with Crippen molar-refractivity contribution in [1.29, 1.82) is 0 Å². The lowest BCUT2D eigenvalue weighted by Gasteiger charge is -2.28. The van der Waals surface area contributed by atoms with Crippen LogP contribution in [0.3, 0.4) is 0 Å². The van der Waals surface area contributed by atoms with Crippen LogP contribution in [0.4, 0.5) is 5.69 Å². The molecule has 138 valence electrons. The fourth-order valence-electron chi connectivity index (χ4n) is 3.23. The molecule has 1 saturated heterocycles. The zero-order valence-corrected chi connectivity index (χ0v) is 14.9. The molecule has 4 rings (SSSR count). The SMILES string of the molecule is O=C1CN(c2ccc(CNC(=O)C3=Cc4ccccc4OC3)cc2)CCN1. The van der Waals surface area contributed by atoms with Crippen molar-refractivity contribution in [2.75, 3.05) is 31.1 Å². The molecule has 0 radical (unpaired) electrons. The molecule has 2 heterocycles. The molecule has 0 saturated carbocycles. The molecular formula is C21H21N3O3. The first-order chi connectivity index (χ1) is 13.2. The molecule has 2 aromatic rings. The summed E-state index contributed by atoms with van der Waals surface area (Å²) in [5.74, 6) is 0.722. The zero-order chi connectivity index (χ0) is 18.6. The Morgan fingerprint density at radius 1 is 1.15 bits per heavy atom. The van der Waals surface area contributed by atoms with Crippen molar-refractivity contribution in [2.24, 2.45) is 0 Å². The van der Waals surface area contributed by atoms with E-state index in [1.165, 1.54) is 0 Å². The summed E-state index contributed by atoms with van der Waals surface area (Å²) in [4.78, 5) is 26.0. The number of nitrogens with one attached hydrogen (secondary N) is 2. The first-order valence-electron chi connectivity index (χ1n) is 9.00. The molecule has 0 spiro atoms. The van der Waals surface area contributed by atoms with E-state index in [2.05, 4.69) is 10.6 Å². The molecule has 0 atom stereocenters. The second-order valence-corrected chi connectivity index (χ2v) is 6.62. The van der Waals surface area contributed by atoms with Crippen LogP contribution in [0.15, 0.2) is 54.1 Å². The van der Waals surface area contributed by atoms with Gasteiger partial charge in [0.1, 0.15) is 12.4 Å². The Morgan fingerprint density at radius 3 is 2.78 bits per heavy atom. The van der Waals surface area contributed by atoms with Crippen LogP contribution in [0.1, 0.15) is 11.1 Å². The van der Waals surface area contributed by atoms with E-state index >= 15 is 0 Å². The summed E-state index contributed by atoms with van der Waals surface area (Å²) in [5, 5.41) is 5.76. The van der Waals surface area contributed by atoms with Crippen LogP contribution in [0.5, 0.6) is 5.75 Å². The standard InChI is InChI=1S/C21H21N3O3/c25-20-13-24(10-9-22-20)18-7-5-15(6-8-18)12-23-21(26)17-11-16-3-1-2-4-19(16)27-14-17/h1-8,11H,9-10,12-14H2,(H,22,25)(H,23,26). The molecule has 0 aromatic heterocycles. The van der Waals surface area contributed by atoms with Gasteiger partial charge in [0.25, 0.3) is 5.91 Å². The maximum Gasteiger partial charge on any atom is 0.250 e. The van der Waals surface area contributed by atoms with Crippen LogP contribution in [0.2, 0.25) is 0 Å². The first kappa shape index (κ1) is 17.1. The largest absolute Gasteiger partial charge is 0.488 e. The van der Waals surface area contributed by atoms with Crippen LogP contribution in [0, 0.1) is 0 Å². The molecule has 2 N–H and O–H groups in total. The Balaban J connectivity index is 1.35. The highest BCUT2D eigenvalue weighted by Crippen LogP contribution is 2.25. The van der Waals surface area contributed by atoms with Gasteiger partial charge in [0.05, 0.1) is 12.1 Å². The topological polar surface area (TPSA) is 70.7 Å². The number of carbonyl (C=O) groups is 2. The van der Waals surface area contributed by atoms with Gasteiger partial charge in [-0.05, 0) is 29.8 Å². The smallest absolute Gasteiger partial charge is 0.250 e. The number of benzene rings is 2. The number of piperazine rings is 1. The van der Waals surface area contributed by atoms with E-state index in [1.807, 2.05) is 59.5 Å². The maximum absolute atomic E-state index is 12.4. The molecule has 27 heavy (non-hydrogen) atoms. The summed E-state index contributed by atoms with van der Waals surface area (Å²) in [6, 6.07) is 15.6. The summed E-state index contributed by atoms with van der Waals surface area (Å²) in [7, 11) is 0. The van der Waals surface area contributed by atoms with E-state index in [9.17, 15) is 9.59 Å². The van der Waals surface area contributed by atoms with E-state index in [0.29, 0.717) is 25.2 Å². The summed E-state index contributed by atoms with van der Waals surface area (Å²) < 4.78 is 5.63. The van der Waals surface area contributed by atoms with Crippen molar-refractivity contribution >= 4 is 23.6 Å². The van der Waals surface area contributed by atoms with Gasteiger partial charge in [0.2, 0.25) is 5.91 Å². The van der Waals surface area contributed by atoms with E-state index < -0.39 is 0 Å². The van der Waals surface area contributed by atoms with Crippen molar-refractivity contribution in [3.8, 4) is 5.75 Å². The van der Waals surface area contributed by atoms with Crippen molar-refractivity contribution in [2.45, 2.75) is 6.54 Å². The average Bonchev–Trinajstić information content (AvgIpc) is 2.72. The van der Waals surface area contributed by atoms with Crippen molar-refractivity contribution < 1.29 is 14.3 Å². The zero-order valence-electron chi connectivity index (χ0n) is 14.9. The fourth-order valence-corrected chi connectivity index (χ4v) is 3.23. The monoisotopic (exact) mass is 363 g/mol. The Kier molecular flexibility index (Phi) is 4.78. The maximum atomic E-state index is 12.4. The van der Waals surface area contributed by atoms with Gasteiger partial charge < -0.3 is 20.3 Å². The minimum Gasteiger partial charge on any atom is -0.488 e. The lowest BCUT2D eigenvalue weighted by atomic mass is 10.1. The molecule has 2 amide bonds. The Morgan fingerprint density at radius 2 is 1.96 bits per heavy atom.